The number of ether oxygens (including phenoxy) is 1. The van der Waals surface area contributed by atoms with Crippen LogP contribution in [0, 0.1) is 12.7 Å². The number of halogens is 2. The van der Waals surface area contributed by atoms with Gasteiger partial charge >= 0.3 is 0 Å². The standard InChI is InChI=1S/C16H24BrFO/c1-14-13-15(9-10-16(14)18)19-12-8-6-4-2-3-5-7-11-17/h9-10,13H,2-8,11-12H2,1H3. The van der Waals surface area contributed by atoms with E-state index >= 15 is 0 Å². The Labute approximate surface area is 124 Å². The van der Waals surface area contributed by atoms with Crippen LogP contribution in [0.2, 0.25) is 0 Å². The lowest BCUT2D eigenvalue weighted by Crippen LogP contribution is -1.98. The average molecular weight is 331 g/mol. The SMILES string of the molecule is Cc1cc(OCCCCCCCCCBr)ccc1F. The van der Waals surface area contributed by atoms with Crippen LogP contribution in [-0.2, 0) is 0 Å². The van der Waals surface area contributed by atoms with Crippen LogP contribution in [0.1, 0.15) is 50.5 Å². The molecule has 0 N–H and O–H groups in total. The van der Waals surface area contributed by atoms with Crippen LogP contribution in [0.5, 0.6) is 5.75 Å². The summed E-state index contributed by atoms with van der Waals surface area (Å²) in [5, 5.41) is 1.12. The van der Waals surface area contributed by atoms with Crippen LogP contribution in [0.25, 0.3) is 0 Å². The molecule has 0 atom stereocenters. The maximum absolute atomic E-state index is 13.1. The summed E-state index contributed by atoms with van der Waals surface area (Å²) in [6.07, 6.45) is 8.85. The van der Waals surface area contributed by atoms with Crippen LogP contribution in [0.15, 0.2) is 18.2 Å². The second-order valence-electron chi connectivity index (χ2n) is 4.92. The topological polar surface area (TPSA) is 9.23 Å². The van der Waals surface area contributed by atoms with Crippen molar-refractivity contribution < 1.29 is 9.13 Å². The summed E-state index contributed by atoms with van der Waals surface area (Å²) in [6.45, 7) is 2.49. The van der Waals surface area contributed by atoms with Crippen molar-refractivity contribution in [2.75, 3.05) is 11.9 Å². The van der Waals surface area contributed by atoms with Crippen molar-refractivity contribution in [1.29, 1.82) is 0 Å². The van der Waals surface area contributed by atoms with Gasteiger partial charge in [-0.3, -0.25) is 0 Å². The van der Waals surface area contributed by atoms with E-state index < -0.39 is 0 Å². The molecular formula is C16H24BrFO. The first kappa shape index (κ1) is 16.5. The summed E-state index contributed by atoms with van der Waals surface area (Å²) in [7, 11) is 0. The van der Waals surface area contributed by atoms with Gasteiger partial charge in [-0.25, -0.2) is 4.39 Å². The van der Waals surface area contributed by atoms with Crippen molar-refractivity contribution in [2.24, 2.45) is 0 Å². The lowest BCUT2D eigenvalue weighted by Gasteiger charge is -2.07. The van der Waals surface area contributed by atoms with Crippen LogP contribution >= 0.6 is 15.9 Å². The molecule has 0 saturated carbocycles. The molecule has 0 fully saturated rings. The molecule has 0 heterocycles. The van der Waals surface area contributed by atoms with E-state index in [0.29, 0.717) is 5.56 Å². The zero-order valence-electron chi connectivity index (χ0n) is 11.8. The molecule has 19 heavy (non-hydrogen) atoms. The highest BCUT2D eigenvalue weighted by molar-refractivity contribution is 9.09. The first-order chi connectivity index (χ1) is 9.24. The largest absolute Gasteiger partial charge is 0.494 e. The molecule has 0 unspecified atom stereocenters. The molecule has 0 amide bonds. The second-order valence-corrected chi connectivity index (χ2v) is 5.72. The van der Waals surface area contributed by atoms with Crippen LogP contribution in [0.3, 0.4) is 0 Å². The van der Waals surface area contributed by atoms with Crippen molar-refractivity contribution in [1.82, 2.24) is 0 Å². The van der Waals surface area contributed by atoms with Crippen molar-refractivity contribution in [3.8, 4) is 5.75 Å². The first-order valence-corrected chi connectivity index (χ1v) is 8.31. The minimum absolute atomic E-state index is 0.171. The Hall–Kier alpha value is -0.570. The van der Waals surface area contributed by atoms with Crippen molar-refractivity contribution >= 4 is 15.9 Å². The van der Waals surface area contributed by atoms with Crippen LogP contribution in [-0.4, -0.2) is 11.9 Å². The molecule has 1 nitrogen and oxygen atoms in total. The Morgan fingerprint density at radius 2 is 1.63 bits per heavy atom. The fraction of sp³-hybridized carbons (Fsp3) is 0.625. The first-order valence-electron chi connectivity index (χ1n) is 7.19. The predicted octanol–water partition coefficient (Wildman–Crippen LogP) is 5.64. The number of hydrogen-bond acceptors (Lipinski definition) is 1. The number of alkyl halides is 1. The minimum atomic E-state index is -0.171. The molecule has 108 valence electrons. The summed E-state index contributed by atoms with van der Waals surface area (Å²) in [5.74, 6) is 0.604. The van der Waals surface area contributed by atoms with Crippen LogP contribution < -0.4 is 4.74 Å². The number of rotatable bonds is 10. The van der Waals surface area contributed by atoms with Gasteiger partial charge in [0.2, 0.25) is 0 Å². The molecule has 0 bridgehead atoms. The van der Waals surface area contributed by atoms with Gasteiger partial charge in [0.25, 0.3) is 0 Å². The van der Waals surface area contributed by atoms with E-state index in [1.807, 2.05) is 0 Å². The third-order valence-electron chi connectivity index (χ3n) is 3.18. The summed E-state index contributed by atoms with van der Waals surface area (Å²) >= 11 is 3.44. The fourth-order valence-corrected chi connectivity index (χ4v) is 2.37. The van der Waals surface area contributed by atoms with Crippen LogP contribution in [0.4, 0.5) is 4.39 Å². The molecule has 0 saturated heterocycles. The lowest BCUT2D eigenvalue weighted by molar-refractivity contribution is 0.303. The molecule has 0 radical (unpaired) electrons. The Morgan fingerprint density at radius 3 is 2.26 bits per heavy atom. The van der Waals surface area contributed by atoms with Gasteiger partial charge in [-0.15, -0.1) is 0 Å². The molecule has 1 aromatic rings. The molecule has 1 aromatic carbocycles. The van der Waals surface area contributed by atoms with Gasteiger partial charge in [0.1, 0.15) is 11.6 Å². The van der Waals surface area contributed by atoms with Crippen molar-refractivity contribution in [3.05, 3.63) is 29.6 Å². The van der Waals surface area contributed by atoms with Crippen molar-refractivity contribution in [3.63, 3.8) is 0 Å². The maximum Gasteiger partial charge on any atom is 0.126 e. The van der Waals surface area contributed by atoms with E-state index in [9.17, 15) is 4.39 Å². The molecule has 0 spiro atoms. The molecule has 0 aliphatic carbocycles. The number of benzene rings is 1. The molecule has 3 heteroatoms. The van der Waals surface area contributed by atoms with Gasteiger partial charge in [0.15, 0.2) is 0 Å². The number of unbranched alkanes of at least 4 members (excludes halogenated alkanes) is 6. The fourth-order valence-electron chi connectivity index (χ4n) is 1.98. The number of aryl methyl sites for hydroxylation is 1. The molecule has 1 rings (SSSR count). The smallest absolute Gasteiger partial charge is 0.126 e. The summed E-state index contributed by atoms with van der Waals surface area (Å²) < 4.78 is 18.7. The van der Waals surface area contributed by atoms with Gasteiger partial charge in [0, 0.05) is 5.33 Å². The normalized spacial score (nSPS) is 10.7. The van der Waals surface area contributed by atoms with Gasteiger partial charge in [-0.2, -0.15) is 0 Å². The van der Waals surface area contributed by atoms with Gasteiger partial charge in [-0.05, 0) is 43.5 Å². The summed E-state index contributed by atoms with van der Waals surface area (Å²) in [6, 6.07) is 4.92. The molecule has 0 aliphatic heterocycles. The minimum Gasteiger partial charge on any atom is -0.494 e. The van der Waals surface area contributed by atoms with E-state index in [-0.39, 0.29) is 5.82 Å². The number of hydrogen-bond donors (Lipinski definition) is 0. The Balaban J connectivity index is 2.00. The van der Waals surface area contributed by atoms with E-state index in [1.165, 1.54) is 44.6 Å². The van der Waals surface area contributed by atoms with E-state index in [1.54, 1.807) is 19.1 Å². The summed E-state index contributed by atoms with van der Waals surface area (Å²) in [5.41, 5.74) is 0.643. The van der Waals surface area contributed by atoms with Gasteiger partial charge in [0.05, 0.1) is 6.61 Å². The lowest BCUT2D eigenvalue weighted by atomic mass is 10.1. The molecular weight excluding hydrogens is 307 g/mol. The highest BCUT2D eigenvalue weighted by Crippen LogP contribution is 2.16. The monoisotopic (exact) mass is 330 g/mol. The Morgan fingerprint density at radius 1 is 1.00 bits per heavy atom. The molecule has 0 aliphatic rings. The summed E-state index contributed by atoms with van der Waals surface area (Å²) in [4.78, 5) is 0. The third kappa shape index (κ3) is 7.56. The van der Waals surface area contributed by atoms with E-state index in [4.69, 9.17) is 4.74 Å². The highest BCUT2D eigenvalue weighted by atomic mass is 79.9. The highest BCUT2D eigenvalue weighted by Gasteiger charge is 1.99. The van der Waals surface area contributed by atoms with E-state index in [2.05, 4.69) is 15.9 Å². The van der Waals surface area contributed by atoms with E-state index in [0.717, 1.165) is 24.1 Å². The quantitative estimate of drug-likeness (QED) is 0.398. The van der Waals surface area contributed by atoms with Crippen molar-refractivity contribution in [2.45, 2.75) is 51.9 Å². The average Bonchev–Trinajstić information content (AvgIpc) is 2.41. The predicted molar refractivity (Wildman–Crippen MR) is 82.7 cm³/mol. The Bertz CT molecular complexity index is 355. The zero-order chi connectivity index (χ0) is 13.9. The van der Waals surface area contributed by atoms with Gasteiger partial charge < -0.3 is 4.74 Å². The van der Waals surface area contributed by atoms with Gasteiger partial charge in [-0.1, -0.05) is 48.0 Å². The Kier molecular flexibility index (Phi) is 8.89. The maximum atomic E-state index is 13.1. The second kappa shape index (κ2) is 10.2. The zero-order valence-corrected chi connectivity index (χ0v) is 13.3. The third-order valence-corrected chi connectivity index (χ3v) is 3.74. The molecule has 0 aromatic heterocycles.